The van der Waals surface area contributed by atoms with E-state index in [1.54, 1.807) is 6.33 Å². The summed E-state index contributed by atoms with van der Waals surface area (Å²) in [5.41, 5.74) is 4.82. The molecule has 0 unspecified atom stereocenters. The van der Waals surface area contributed by atoms with E-state index < -0.39 is 0 Å². The van der Waals surface area contributed by atoms with Crippen molar-refractivity contribution in [1.29, 1.82) is 0 Å². The molecule has 0 fully saturated rings. The Morgan fingerprint density at radius 1 is 1.19 bits per heavy atom. The molecule has 1 aliphatic carbocycles. The molecule has 0 aliphatic heterocycles. The second kappa shape index (κ2) is 3.14. The molecule has 1 aromatic carbocycles. The van der Waals surface area contributed by atoms with Crippen molar-refractivity contribution >= 4 is 15.9 Å². The zero-order chi connectivity index (χ0) is 11.3. The Labute approximate surface area is 103 Å². The number of nitrogens with zero attached hydrogens (tertiary/aromatic N) is 2. The highest BCUT2D eigenvalue weighted by Gasteiger charge is 2.36. The molecule has 0 spiro atoms. The Hall–Kier alpha value is -1.22. The highest BCUT2D eigenvalue weighted by molar-refractivity contribution is 9.10. The van der Waals surface area contributed by atoms with E-state index >= 15 is 0 Å². The minimum atomic E-state index is -0.00426. The van der Waals surface area contributed by atoms with Crippen LogP contribution in [0, 0.1) is 0 Å². The van der Waals surface area contributed by atoms with Gasteiger partial charge in [-0.05, 0) is 17.7 Å². The van der Waals surface area contributed by atoms with E-state index in [2.05, 4.69) is 57.9 Å². The quantitative estimate of drug-likeness (QED) is 0.734. The average Bonchev–Trinajstić information content (AvgIpc) is 2.49. The molecule has 0 saturated carbocycles. The van der Waals surface area contributed by atoms with Crippen molar-refractivity contribution in [2.75, 3.05) is 0 Å². The molecule has 0 amide bonds. The van der Waals surface area contributed by atoms with Gasteiger partial charge in [-0.25, -0.2) is 9.97 Å². The van der Waals surface area contributed by atoms with Gasteiger partial charge in [-0.1, -0.05) is 35.8 Å². The van der Waals surface area contributed by atoms with Crippen molar-refractivity contribution in [3.63, 3.8) is 0 Å². The molecule has 80 valence electrons. The van der Waals surface area contributed by atoms with E-state index in [0.717, 1.165) is 10.2 Å². The fraction of sp³-hybridized carbons (Fsp3) is 0.231. The lowest BCUT2D eigenvalue weighted by atomic mass is 9.83. The first-order valence-corrected chi connectivity index (χ1v) is 6.01. The van der Waals surface area contributed by atoms with E-state index in [0.29, 0.717) is 0 Å². The average molecular weight is 275 g/mol. The van der Waals surface area contributed by atoms with Gasteiger partial charge in [0.05, 0.1) is 5.69 Å². The normalized spacial score (nSPS) is 15.7. The first-order chi connectivity index (χ1) is 7.60. The standard InChI is InChI=1S/C13H11BrN2/c1-13(2)10-5-8(14)3-4-9(10)12-11(13)6-15-7-16-12/h3-7H,1-2H3. The molecule has 0 radical (unpaired) electrons. The first-order valence-electron chi connectivity index (χ1n) is 5.21. The molecule has 0 atom stereocenters. The summed E-state index contributed by atoms with van der Waals surface area (Å²) in [7, 11) is 0. The molecule has 0 bridgehead atoms. The van der Waals surface area contributed by atoms with Gasteiger partial charge < -0.3 is 0 Å². The smallest absolute Gasteiger partial charge is 0.116 e. The molecule has 2 nitrogen and oxygen atoms in total. The zero-order valence-electron chi connectivity index (χ0n) is 9.16. The summed E-state index contributed by atoms with van der Waals surface area (Å²) in [6, 6.07) is 6.36. The van der Waals surface area contributed by atoms with Crippen molar-refractivity contribution < 1.29 is 0 Å². The van der Waals surface area contributed by atoms with Gasteiger partial charge in [-0.2, -0.15) is 0 Å². The number of rotatable bonds is 0. The predicted octanol–water partition coefficient (Wildman–Crippen LogP) is 3.55. The lowest BCUT2D eigenvalue weighted by molar-refractivity contribution is 0.655. The molecule has 1 aliphatic rings. The fourth-order valence-electron chi connectivity index (χ4n) is 2.39. The summed E-state index contributed by atoms with van der Waals surface area (Å²) in [5.74, 6) is 0. The van der Waals surface area contributed by atoms with Gasteiger partial charge in [0.15, 0.2) is 0 Å². The van der Waals surface area contributed by atoms with E-state index in [9.17, 15) is 0 Å². The first kappa shape index (κ1) is 9.97. The van der Waals surface area contributed by atoms with Crippen LogP contribution < -0.4 is 0 Å². The fourth-order valence-corrected chi connectivity index (χ4v) is 2.75. The number of hydrogen-bond acceptors (Lipinski definition) is 2. The lowest BCUT2D eigenvalue weighted by Crippen LogP contribution is -2.15. The molecule has 1 aromatic heterocycles. The second-order valence-electron chi connectivity index (χ2n) is 4.60. The second-order valence-corrected chi connectivity index (χ2v) is 5.52. The van der Waals surface area contributed by atoms with Gasteiger partial charge in [-0.3, -0.25) is 0 Å². The minimum Gasteiger partial charge on any atom is -0.244 e. The summed E-state index contributed by atoms with van der Waals surface area (Å²) in [6.45, 7) is 4.43. The highest BCUT2D eigenvalue weighted by Crippen LogP contribution is 2.47. The lowest BCUT2D eigenvalue weighted by Gasteiger charge is -2.20. The number of fused-ring (bicyclic) bond motifs is 3. The molecule has 2 aromatic rings. The summed E-state index contributed by atoms with van der Waals surface area (Å²) in [4.78, 5) is 8.53. The molecule has 16 heavy (non-hydrogen) atoms. The molecule has 0 saturated heterocycles. The SMILES string of the molecule is CC1(C)c2cc(Br)ccc2-c2ncncc21. The van der Waals surface area contributed by atoms with Gasteiger partial charge in [0.2, 0.25) is 0 Å². The predicted molar refractivity (Wildman–Crippen MR) is 67.3 cm³/mol. The van der Waals surface area contributed by atoms with Crippen LogP contribution in [-0.4, -0.2) is 9.97 Å². The van der Waals surface area contributed by atoms with E-state index in [4.69, 9.17) is 0 Å². The molecule has 1 heterocycles. The van der Waals surface area contributed by atoms with Crippen LogP contribution in [0.25, 0.3) is 11.3 Å². The van der Waals surface area contributed by atoms with Gasteiger partial charge in [0, 0.05) is 27.2 Å². The number of aromatic nitrogens is 2. The van der Waals surface area contributed by atoms with Crippen LogP contribution in [0.1, 0.15) is 25.0 Å². The maximum atomic E-state index is 4.40. The number of hydrogen-bond donors (Lipinski definition) is 0. The maximum Gasteiger partial charge on any atom is 0.116 e. The van der Waals surface area contributed by atoms with Crippen LogP contribution in [0.15, 0.2) is 35.2 Å². The highest BCUT2D eigenvalue weighted by atomic mass is 79.9. The van der Waals surface area contributed by atoms with Crippen LogP contribution in [0.3, 0.4) is 0 Å². The topological polar surface area (TPSA) is 25.8 Å². The summed E-state index contributed by atoms with van der Waals surface area (Å²) < 4.78 is 1.11. The van der Waals surface area contributed by atoms with Gasteiger partial charge in [-0.15, -0.1) is 0 Å². The Morgan fingerprint density at radius 2 is 2.00 bits per heavy atom. The number of halogens is 1. The molecule has 0 N–H and O–H groups in total. The van der Waals surface area contributed by atoms with Crippen LogP contribution in [-0.2, 0) is 5.41 Å². The third kappa shape index (κ3) is 1.18. The van der Waals surface area contributed by atoms with Crippen molar-refractivity contribution in [1.82, 2.24) is 9.97 Å². The minimum absolute atomic E-state index is 0.00426. The van der Waals surface area contributed by atoms with Crippen molar-refractivity contribution in [2.45, 2.75) is 19.3 Å². The monoisotopic (exact) mass is 274 g/mol. The van der Waals surface area contributed by atoms with Crippen LogP contribution in [0.2, 0.25) is 0 Å². The van der Waals surface area contributed by atoms with Crippen LogP contribution in [0.5, 0.6) is 0 Å². The molecular formula is C13H11BrN2. The summed E-state index contributed by atoms with van der Waals surface area (Å²) >= 11 is 3.53. The Balaban J connectivity index is 2.39. The van der Waals surface area contributed by atoms with Crippen molar-refractivity contribution in [2.24, 2.45) is 0 Å². The van der Waals surface area contributed by atoms with Crippen molar-refractivity contribution in [3.05, 3.63) is 46.3 Å². The van der Waals surface area contributed by atoms with Gasteiger partial charge >= 0.3 is 0 Å². The zero-order valence-corrected chi connectivity index (χ0v) is 10.7. The van der Waals surface area contributed by atoms with E-state index in [1.807, 2.05) is 6.20 Å². The largest absolute Gasteiger partial charge is 0.244 e. The molecule has 3 heteroatoms. The van der Waals surface area contributed by atoms with Crippen LogP contribution in [0.4, 0.5) is 0 Å². The Bertz CT molecular complexity index is 576. The molecule has 3 rings (SSSR count). The van der Waals surface area contributed by atoms with E-state index in [-0.39, 0.29) is 5.41 Å². The maximum absolute atomic E-state index is 4.40. The third-order valence-electron chi connectivity index (χ3n) is 3.30. The van der Waals surface area contributed by atoms with E-state index in [1.165, 1.54) is 16.7 Å². The van der Waals surface area contributed by atoms with Crippen molar-refractivity contribution in [3.8, 4) is 11.3 Å². The summed E-state index contributed by atoms with van der Waals surface area (Å²) in [5, 5.41) is 0. The van der Waals surface area contributed by atoms with Crippen LogP contribution >= 0.6 is 15.9 Å². The number of benzene rings is 1. The summed E-state index contributed by atoms with van der Waals surface area (Å²) in [6.07, 6.45) is 3.54. The van der Waals surface area contributed by atoms with Gasteiger partial charge in [0.25, 0.3) is 0 Å². The molecular weight excluding hydrogens is 264 g/mol. The Morgan fingerprint density at radius 3 is 2.81 bits per heavy atom. The Kier molecular flexibility index (Phi) is 1.96. The third-order valence-corrected chi connectivity index (χ3v) is 3.79. The van der Waals surface area contributed by atoms with Gasteiger partial charge in [0.1, 0.15) is 6.33 Å².